The highest BCUT2D eigenvalue weighted by Gasteiger charge is 2.19. The van der Waals surface area contributed by atoms with Crippen LogP contribution in [0.15, 0.2) is 42.5 Å². The highest BCUT2D eigenvalue weighted by atomic mass is 35.5. The monoisotopic (exact) mass is 357 g/mol. The minimum Gasteiger partial charge on any atom is -0.479 e. The summed E-state index contributed by atoms with van der Waals surface area (Å²) in [6.45, 7) is 1.85. The van der Waals surface area contributed by atoms with Crippen molar-refractivity contribution in [2.75, 3.05) is 5.32 Å². The number of carbonyl (C=O) groups is 1. The molecular weight excluding hydrogens is 345 g/mol. The van der Waals surface area contributed by atoms with Gasteiger partial charge in [0.15, 0.2) is 6.10 Å². The molecular formula is C16H14Cl3NO2. The van der Waals surface area contributed by atoms with Crippen LogP contribution in [-0.2, 0) is 4.79 Å². The minimum absolute atomic E-state index is 0.291. The Balaban J connectivity index is 2.10. The molecule has 0 saturated carbocycles. The largest absolute Gasteiger partial charge is 0.479 e. The van der Waals surface area contributed by atoms with E-state index in [-0.39, 0.29) is 5.91 Å². The average molecular weight is 359 g/mol. The van der Waals surface area contributed by atoms with Crippen molar-refractivity contribution in [3.05, 3.63) is 57.5 Å². The Bertz CT molecular complexity index is 656. The van der Waals surface area contributed by atoms with E-state index in [1.54, 1.807) is 42.5 Å². The predicted molar refractivity (Wildman–Crippen MR) is 91.3 cm³/mol. The van der Waals surface area contributed by atoms with Crippen molar-refractivity contribution >= 4 is 46.4 Å². The summed E-state index contributed by atoms with van der Waals surface area (Å²) in [7, 11) is 0. The summed E-state index contributed by atoms with van der Waals surface area (Å²) in [6.07, 6.45) is -0.177. The third-order valence-electron chi connectivity index (χ3n) is 2.90. The van der Waals surface area contributed by atoms with Crippen molar-refractivity contribution in [3.63, 3.8) is 0 Å². The maximum atomic E-state index is 12.3. The molecule has 0 spiro atoms. The molecule has 0 aliphatic carbocycles. The zero-order valence-electron chi connectivity index (χ0n) is 11.8. The summed E-state index contributed by atoms with van der Waals surface area (Å²) < 4.78 is 5.68. The Kier molecular flexibility index (Phi) is 5.95. The standard InChI is InChI=1S/C16H14Cl3NO2/c1-2-14(22-15-6-4-3-5-13(15)19)16(21)20-12-8-10(17)7-11(18)9-12/h3-9,14H,2H2,1H3,(H,20,21)/t14-/m1/s1. The summed E-state index contributed by atoms with van der Waals surface area (Å²) in [4.78, 5) is 12.3. The molecule has 0 aliphatic heterocycles. The molecule has 1 N–H and O–H groups in total. The highest BCUT2D eigenvalue weighted by Crippen LogP contribution is 2.26. The molecule has 0 fully saturated rings. The molecule has 1 atom stereocenters. The smallest absolute Gasteiger partial charge is 0.265 e. The molecule has 6 heteroatoms. The minimum atomic E-state index is -0.669. The lowest BCUT2D eigenvalue weighted by molar-refractivity contribution is -0.122. The van der Waals surface area contributed by atoms with Crippen LogP contribution in [0.4, 0.5) is 5.69 Å². The van der Waals surface area contributed by atoms with E-state index in [9.17, 15) is 4.79 Å². The first-order chi connectivity index (χ1) is 10.5. The van der Waals surface area contributed by atoms with Gasteiger partial charge in [0.1, 0.15) is 5.75 Å². The van der Waals surface area contributed by atoms with E-state index in [4.69, 9.17) is 39.5 Å². The van der Waals surface area contributed by atoms with E-state index in [2.05, 4.69) is 5.32 Å². The second-order valence-corrected chi connectivity index (χ2v) is 5.87. The van der Waals surface area contributed by atoms with Crippen LogP contribution in [0.1, 0.15) is 13.3 Å². The first-order valence-electron chi connectivity index (χ1n) is 6.67. The molecule has 2 rings (SSSR count). The third-order valence-corrected chi connectivity index (χ3v) is 3.65. The number of benzene rings is 2. The van der Waals surface area contributed by atoms with Crippen LogP contribution in [0.3, 0.4) is 0 Å². The Labute approximate surface area is 144 Å². The number of rotatable bonds is 5. The molecule has 3 nitrogen and oxygen atoms in total. The van der Waals surface area contributed by atoms with E-state index >= 15 is 0 Å². The molecule has 0 heterocycles. The lowest BCUT2D eigenvalue weighted by Gasteiger charge is -2.18. The SMILES string of the molecule is CC[C@@H](Oc1ccccc1Cl)C(=O)Nc1cc(Cl)cc(Cl)c1. The lowest BCUT2D eigenvalue weighted by atomic mass is 10.2. The van der Waals surface area contributed by atoms with Gasteiger partial charge in [-0.2, -0.15) is 0 Å². The lowest BCUT2D eigenvalue weighted by Crippen LogP contribution is -2.32. The molecule has 0 unspecified atom stereocenters. The number of amides is 1. The Hall–Kier alpha value is -1.42. The van der Waals surface area contributed by atoms with E-state index in [1.165, 1.54) is 0 Å². The van der Waals surface area contributed by atoms with Crippen LogP contribution in [0.2, 0.25) is 15.1 Å². The second-order valence-electron chi connectivity index (χ2n) is 4.59. The average Bonchev–Trinajstić information content (AvgIpc) is 2.45. The normalized spacial score (nSPS) is 11.8. The zero-order chi connectivity index (χ0) is 16.1. The van der Waals surface area contributed by atoms with Gasteiger partial charge >= 0.3 is 0 Å². The Morgan fingerprint density at radius 1 is 1.14 bits per heavy atom. The maximum Gasteiger partial charge on any atom is 0.265 e. The van der Waals surface area contributed by atoms with Crippen molar-refractivity contribution in [1.29, 1.82) is 0 Å². The fourth-order valence-corrected chi connectivity index (χ4v) is 2.57. The van der Waals surface area contributed by atoms with Crippen molar-refractivity contribution < 1.29 is 9.53 Å². The number of halogens is 3. The summed E-state index contributed by atoms with van der Waals surface area (Å²) in [5, 5.41) is 4.09. The van der Waals surface area contributed by atoms with Gasteiger partial charge in [-0.05, 0) is 36.8 Å². The van der Waals surface area contributed by atoms with Crippen molar-refractivity contribution in [2.24, 2.45) is 0 Å². The molecule has 0 aliphatic rings. The van der Waals surface area contributed by atoms with Gasteiger partial charge in [0.05, 0.1) is 5.02 Å². The molecule has 0 aromatic heterocycles. The zero-order valence-corrected chi connectivity index (χ0v) is 14.0. The number of hydrogen-bond donors (Lipinski definition) is 1. The van der Waals surface area contributed by atoms with Gasteiger partial charge in [-0.1, -0.05) is 53.9 Å². The van der Waals surface area contributed by atoms with Crippen LogP contribution in [0.25, 0.3) is 0 Å². The second kappa shape index (κ2) is 7.73. The third kappa shape index (κ3) is 4.54. The van der Waals surface area contributed by atoms with Crippen molar-refractivity contribution in [3.8, 4) is 5.75 Å². The number of nitrogens with one attached hydrogen (secondary N) is 1. The van der Waals surface area contributed by atoms with E-state index < -0.39 is 6.10 Å². The number of carbonyl (C=O) groups excluding carboxylic acids is 1. The topological polar surface area (TPSA) is 38.3 Å². The van der Waals surface area contributed by atoms with Crippen molar-refractivity contribution in [2.45, 2.75) is 19.4 Å². The highest BCUT2D eigenvalue weighted by molar-refractivity contribution is 6.35. The van der Waals surface area contributed by atoms with Gasteiger partial charge in [0.2, 0.25) is 0 Å². The summed E-state index contributed by atoms with van der Waals surface area (Å²) >= 11 is 17.9. The Morgan fingerprint density at radius 2 is 1.77 bits per heavy atom. The van der Waals surface area contributed by atoms with Gasteiger partial charge < -0.3 is 10.1 Å². The van der Waals surface area contributed by atoms with E-state index in [1.807, 2.05) is 6.92 Å². The Morgan fingerprint density at radius 3 is 2.36 bits per heavy atom. The first kappa shape index (κ1) is 16.9. The molecule has 2 aromatic rings. The first-order valence-corrected chi connectivity index (χ1v) is 7.81. The van der Waals surface area contributed by atoms with Gasteiger partial charge in [-0.15, -0.1) is 0 Å². The van der Waals surface area contributed by atoms with Crippen molar-refractivity contribution in [1.82, 2.24) is 0 Å². The van der Waals surface area contributed by atoms with Crippen LogP contribution in [0.5, 0.6) is 5.75 Å². The fraction of sp³-hybridized carbons (Fsp3) is 0.188. The molecule has 1 amide bonds. The van der Waals surface area contributed by atoms with Gasteiger partial charge in [-0.25, -0.2) is 0 Å². The van der Waals surface area contributed by atoms with Crippen LogP contribution < -0.4 is 10.1 Å². The van der Waals surface area contributed by atoms with Gasteiger partial charge in [0.25, 0.3) is 5.91 Å². The molecule has 0 bridgehead atoms. The van der Waals surface area contributed by atoms with Crippen LogP contribution >= 0.6 is 34.8 Å². The van der Waals surface area contributed by atoms with Gasteiger partial charge in [0, 0.05) is 15.7 Å². The van der Waals surface area contributed by atoms with Crippen LogP contribution in [0, 0.1) is 0 Å². The molecule has 0 radical (unpaired) electrons. The quantitative estimate of drug-likeness (QED) is 0.772. The van der Waals surface area contributed by atoms with Gasteiger partial charge in [-0.3, -0.25) is 4.79 Å². The number of anilines is 1. The molecule has 2 aromatic carbocycles. The summed E-state index contributed by atoms with van der Waals surface area (Å²) in [6, 6.07) is 11.8. The fourth-order valence-electron chi connectivity index (χ4n) is 1.86. The molecule has 116 valence electrons. The summed E-state index contributed by atoms with van der Waals surface area (Å²) in [5.74, 6) is 0.177. The predicted octanol–water partition coefficient (Wildman–Crippen LogP) is 5.44. The molecule has 22 heavy (non-hydrogen) atoms. The van der Waals surface area contributed by atoms with E-state index in [0.717, 1.165) is 0 Å². The number of ether oxygens (including phenoxy) is 1. The molecule has 0 saturated heterocycles. The maximum absolute atomic E-state index is 12.3. The summed E-state index contributed by atoms with van der Waals surface area (Å²) in [5.41, 5.74) is 0.517. The van der Waals surface area contributed by atoms with E-state index in [0.29, 0.717) is 32.9 Å². The number of hydrogen-bond acceptors (Lipinski definition) is 2. The number of para-hydroxylation sites is 1. The van der Waals surface area contributed by atoms with Crippen LogP contribution in [-0.4, -0.2) is 12.0 Å².